The fourth-order valence-corrected chi connectivity index (χ4v) is 3.17. The van der Waals surface area contributed by atoms with Crippen molar-refractivity contribution in [3.63, 3.8) is 0 Å². The smallest absolute Gasteiger partial charge is 0.244 e. The molecular weight excluding hydrogens is 426 g/mol. The molecule has 0 fully saturated rings. The van der Waals surface area contributed by atoms with E-state index in [0.717, 1.165) is 11.1 Å². The second-order valence-corrected chi connectivity index (χ2v) is 7.22. The van der Waals surface area contributed by atoms with Gasteiger partial charge in [0.2, 0.25) is 25.4 Å². The predicted octanol–water partition coefficient (Wildman–Crippen LogP) is 1.69. The minimum Gasteiger partial charge on any atom is -0.454 e. The molecule has 2 aliphatic heterocycles. The number of carbonyl (C=O) groups is 2. The van der Waals surface area contributed by atoms with Gasteiger partial charge in [-0.3, -0.25) is 9.59 Å². The lowest BCUT2D eigenvalue weighted by atomic mass is 10.2. The minimum atomic E-state index is -0.184. The molecule has 0 aromatic heterocycles. The first-order chi connectivity index (χ1) is 16.2. The lowest BCUT2D eigenvalue weighted by Crippen LogP contribution is -2.35. The third kappa shape index (κ3) is 6.50. The highest BCUT2D eigenvalue weighted by Crippen LogP contribution is 2.33. The van der Waals surface area contributed by atoms with E-state index in [0.29, 0.717) is 49.2 Å². The SMILES string of the molecule is O=C(/C=C/c1ccc2c(c1)OCO2)NCCNCCNC(=O)/C=C/c1ccc2c(c1)OCO2. The third-order valence-corrected chi connectivity index (χ3v) is 4.85. The number of ether oxygens (including phenoxy) is 4. The van der Waals surface area contributed by atoms with Gasteiger partial charge in [-0.25, -0.2) is 0 Å². The highest BCUT2D eigenvalue weighted by molar-refractivity contribution is 5.92. The van der Waals surface area contributed by atoms with Gasteiger partial charge in [-0.2, -0.15) is 0 Å². The molecule has 4 rings (SSSR count). The molecule has 0 saturated carbocycles. The van der Waals surface area contributed by atoms with Crippen LogP contribution in [-0.2, 0) is 9.59 Å². The molecule has 2 heterocycles. The molecule has 0 spiro atoms. The van der Waals surface area contributed by atoms with Crippen LogP contribution < -0.4 is 34.9 Å². The Morgan fingerprint density at radius 3 is 1.61 bits per heavy atom. The first-order valence-electron chi connectivity index (χ1n) is 10.6. The molecule has 0 radical (unpaired) electrons. The summed E-state index contributed by atoms with van der Waals surface area (Å²) >= 11 is 0. The van der Waals surface area contributed by atoms with Gasteiger partial charge in [-0.15, -0.1) is 0 Å². The molecule has 0 unspecified atom stereocenters. The van der Waals surface area contributed by atoms with Gasteiger partial charge < -0.3 is 34.9 Å². The summed E-state index contributed by atoms with van der Waals surface area (Å²) in [6, 6.07) is 11.0. The van der Waals surface area contributed by atoms with Gasteiger partial charge in [0.1, 0.15) is 0 Å². The van der Waals surface area contributed by atoms with Crippen LogP contribution in [0.3, 0.4) is 0 Å². The van der Waals surface area contributed by atoms with E-state index in [1.807, 2.05) is 36.4 Å². The van der Waals surface area contributed by atoms with Crippen LogP contribution in [0.4, 0.5) is 0 Å². The Bertz CT molecular complexity index is 983. The zero-order valence-corrected chi connectivity index (χ0v) is 18.0. The Morgan fingerprint density at radius 2 is 1.12 bits per heavy atom. The van der Waals surface area contributed by atoms with E-state index in [2.05, 4.69) is 16.0 Å². The zero-order chi connectivity index (χ0) is 22.9. The average molecular weight is 451 g/mol. The second-order valence-electron chi connectivity index (χ2n) is 7.22. The van der Waals surface area contributed by atoms with Crippen molar-refractivity contribution in [2.45, 2.75) is 0 Å². The van der Waals surface area contributed by atoms with Crippen LogP contribution >= 0.6 is 0 Å². The van der Waals surface area contributed by atoms with Crippen molar-refractivity contribution in [2.75, 3.05) is 39.8 Å². The molecule has 9 heteroatoms. The molecule has 2 aliphatic rings. The van der Waals surface area contributed by atoms with Gasteiger partial charge in [-0.1, -0.05) is 12.1 Å². The standard InChI is InChI=1S/C24H25N3O6/c28-23(7-3-17-1-5-19-21(13-17)32-15-30-19)26-11-9-25-10-12-27-24(29)8-4-18-2-6-20-22(14-18)33-16-31-20/h1-8,13-14,25H,9-12,15-16H2,(H,26,28)(H,27,29)/b7-3+,8-4+. The quantitative estimate of drug-likeness (QED) is 0.373. The summed E-state index contributed by atoms with van der Waals surface area (Å²) in [7, 11) is 0. The average Bonchev–Trinajstić information content (AvgIpc) is 3.49. The summed E-state index contributed by atoms with van der Waals surface area (Å²) in [6.45, 7) is 2.57. The second kappa shape index (κ2) is 11.1. The van der Waals surface area contributed by atoms with E-state index < -0.39 is 0 Å². The Morgan fingerprint density at radius 1 is 0.667 bits per heavy atom. The molecule has 0 atom stereocenters. The number of carbonyl (C=O) groups excluding carboxylic acids is 2. The van der Waals surface area contributed by atoms with Crippen LogP contribution in [0.5, 0.6) is 23.0 Å². The Kier molecular flexibility index (Phi) is 7.44. The third-order valence-electron chi connectivity index (χ3n) is 4.85. The summed E-state index contributed by atoms with van der Waals surface area (Å²) in [6.07, 6.45) is 6.39. The van der Waals surface area contributed by atoms with Crippen LogP contribution in [0.1, 0.15) is 11.1 Å². The van der Waals surface area contributed by atoms with Crippen molar-refractivity contribution in [1.82, 2.24) is 16.0 Å². The van der Waals surface area contributed by atoms with Crippen molar-refractivity contribution in [3.8, 4) is 23.0 Å². The monoisotopic (exact) mass is 451 g/mol. The fraction of sp³-hybridized carbons (Fsp3) is 0.250. The summed E-state index contributed by atoms with van der Waals surface area (Å²) < 4.78 is 21.2. The normalized spacial score (nSPS) is 13.6. The summed E-state index contributed by atoms with van der Waals surface area (Å²) in [5.74, 6) is 2.40. The number of hydrogen-bond acceptors (Lipinski definition) is 7. The van der Waals surface area contributed by atoms with E-state index >= 15 is 0 Å². The highest BCUT2D eigenvalue weighted by atomic mass is 16.7. The first-order valence-corrected chi connectivity index (χ1v) is 10.6. The Balaban J connectivity index is 1.05. The molecule has 2 amide bonds. The van der Waals surface area contributed by atoms with E-state index in [1.54, 1.807) is 12.2 Å². The molecule has 172 valence electrons. The van der Waals surface area contributed by atoms with Crippen molar-refractivity contribution < 1.29 is 28.5 Å². The van der Waals surface area contributed by atoms with Gasteiger partial charge in [0.05, 0.1) is 0 Å². The first kappa shape index (κ1) is 22.2. The van der Waals surface area contributed by atoms with Crippen molar-refractivity contribution in [2.24, 2.45) is 0 Å². The maximum absolute atomic E-state index is 11.9. The maximum Gasteiger partial charge on any atom is 0.244 e. The zero-order valence-electron chi connectivity index (χ0n) is 18.0. The van der Waals surface area contributed by atoms with Crippen LogP contribution in [0.15, 0.2) is 48.6 Å². The van der Waals surface area contributed by atoms with Crippen LogP contribution in [0.2, 0.25) is 0 Å². The summed E-state index contributed by atoms with van der Waals surface area (Å²) in [4.78, 5) is 23.8. The molecule has 3 N–H and O–H groups in total. The van der Waals surface area contributed by atoms with Crippen molar-refractivity contribution in [3.05, 3.63) is 59.7 Å². The number of rotatable bonds is 10. The predicted molar refractivity (Wildman–Crippen MR) is 122 cm³/mol. The number of benzene rings is 2. The van der Waals surface area contributed by atoms with E-state index in [1.165, 1.54) is 12.2 Å². The summed E-state index contributed by atoms with van der Waals surface area (Å²) in [5, 5.41) is 8.76. The van der Waals surface area contributed by atoms with Gasteiger partial charge in [0.25, 0.3) is 0 Å². The number of hydrogen-bond donors (Lipinski definition) is 3. The van der Waals surface area contributed by atoms with E-state index in [9.17, 15) is 9.59 Å². The van der Waals surface area contributed by atoms with Crippen molar-refractivity contribution >= 4 is 24.0 Å². The molecule has 33 heavy (non-hydrogen) atoms. The Labute approximate surface area is 191 Å². The largest absolute Gasteiger partial charge is 0.454 e. The molecule has 0 bridgehead atoms. The van der Waals surface area contributed by atoms with Crippen molar-refractivity contribution in [1.29, 1.82) is 0 Å². The van der Waals surface area contributed by atoms with Crippen LogP contribution in [0, 0.1) is 0 Å². The van der Waals surface area contributed by atoms with E-state index in [4.69, 9.17) is 18.9 Å². The minimum absolute atomic E-state index is 0.184. The van der Waals surface area contributed by atoms with Gasteiger partial charge in [0.15, 0.2) is 23.0 Å². The lowest BCUT2D eigenvalue weighted by Gasteiger charge is -2.06. The van der Waals surface area contributed by atoms with E-state index in [-0.39, 0.29) is 25.4 Å². The van der Waals surface area contributed by atoms with Gasteiger partial charge in [-0.05, 0) is 47.5 Å². The van der Waals surface area contributed by atoms with Crippen LogP contribution in [0.25, 0.3) is 12.2 Å². The maximum atomic E-state index is 11.9. The Hall–Kier alpha value is -3.98. The highest BCUT2D eigenvalue weighted by Gasteiger charge is 2.13. The molecule has 0 aliphatic carbocycles. The van der Waals surface area contributed by atoms with Gasteiger partial charge in [0, 0.05) is 38.3 Å². The van der Waals surface area contributed by atoms with Crippen LogP contribution in [-0.4, -0.2) is 51.6 Å². The molecule has 9 nitrogen and oxygen atoms in total. The molecule has 0 saturated heterocycles. The topological polar surface area (TPSA) is 107 Å². The molecule has 2 aromatic carbocycles. The number of amides is 2. The lowest BCUT2D eigenvalue weighted by molar-refractivity contribution is -0.117. The fourth-order valence-electron chi connectivity index (χ4n) is 3.17. The molecular formula is C24H25N3O6. The number of fused-ring (bicyclic) bond motifs is 2. The summed E-state index contributed by atoms with van der Waals surface area (Å²) in [5.41, 5.74) is 1.71. The molecule has 2 aromatic rings. The number of nitrogens with one attached hydrogen (secondary N) is 3. The van der Waals surface area contributed by atoms with Gasteiger partial charge >= 0.3 is 0 Å².